The van der Waals surface area contributed by atoms with E-state index in [9.17, 15) is 5.11 Å². The van der Waals surface area contributed by atoms with E-state index < -0.39 is 0 Å². The Kier molecular flexibility index (Phi) is 3.13. The third-order valence-electron chi connectivity index (χ3n) is 3.57. The summed E-state index contributed by atoms with van der Waals surface area (Å²) >= 11 is 0. The molecule has 1 aliphatic carbocycles. The maximum absolute atomic E-state index is 10.1. The van der Waals surface area contributed by atoms with Crippen molar-refractivity contribution in [2.45, 2.75) is 25.1 Å². The van der Waals surface area contributed by atoms with E-state index in [1.165, 1.54) is 16.7 Å². The van der Waals surface area contributed by atoms with E-state index in [0.717, 1.165) is 13.0 Å². The van der Waals surface area contributed by atoms with Crippen LogP contribution in [0.25, 0.3) is 0 Å². The second-order valence-electron chi connectivity index (χ2n) is 4.81. The third-order valence-corrected chi connectivity index (χ3v) is 3.57. The first kappa shape index (κ1) is 11.5. The van der Waals surface area contributed by atoms with Gasteiger partial charge in [0, 0.05) is 13.0 Å². The summed E-state index contributed by atoms with van der Waals surface area (Å²) in [6.45, 7) is 0.789. The minimum absolute atomic E-state index is 0.0569. The van der Waals surface area contributed by atoms with Gasteiger partial charge >= 0.3 is 0 Å². The van der Waals surface area contributed by atoms with Gasteiger partial charge in [0.1, 0.15) is 0 Å². The monoisotopic (exact) mass is 239 g/mol. The molecular formula is C16H17NO. The van der Waals surface area contributed by atoms with Crippen LogP contribution < -0.4 is 5.32 Å². The van der Waals surface area contributed by atoms with Crippen LogP contribution in [0.4, 0.5) is 0 Å². The Bertz CT molecular complexity index is 524. The van der Waals surface area contributed by atoms with Crippen molar-refractivity contribution in [1.82, 2.24) is 5.32 Å². The van der Waals surface area contributed by atoms with Gasteiger partial charge in [0.25, 0.3) is 0 Å². The van der Waals surface area contributed by atoms with Crippen molar-refractivity contribution in [3.63, 3.8) is 0 Å². The van der Waals surface area contributed by atoms with E-state index in [0.29, 0.717) is 0 Å². The molecule has 0 bridgehead atoms. The topological polar surface area (TPSA) is 32.3 Å². The average molecular weight is 239 g/mol. The molecule has 2 aromatic carbocycles. The van der Waals surface area contributed by atoms with Crippen LogP contribution in [0.1, 0.15) is 22.7 Å². The summed E-state index contributed by atoms with van der Waals surface area (Å²) in [5, 5.41) is 13.6. The minimum atomic E-state index is -0.314. The number of hydrogen-bond acceptors (Lipinski definition) is 2. The van der Waals surface area contributed by atoms with Gasteiger partial charge in [-0.1, -0.05) is 54.6 Å². The number of fused-ring (bicyclic) bond motifs is 1. The molecule has 2 N–H and O–H groups in total. The molecule has 2 atom stereocenters. The SMILES string of the molecule is O[C@@H]1Cc2ccccc2[C@H]1NCc1ccccc1. The summed E-state index contributed by atoms with van der Waals surface area (Å²) in [5.74, 6) is 0. The summed E-state index contributed by atoms with van der Waals surface area (Å²) in [7, 11) is 0. The van der Waals surface area contributed by atoms with Crippen LogP contribution in [-0.2, 0) is 13.0 Å². The highest BCUT2D eigenvalue weighted by molar-refractivity contribution is 5.36. The first-order chi connectivity index (χ1) is 8.84. The number of aliphatic hydroxyl groups excluding tert-OH is 1. The summed E-state index contributed by atoms with van der Waals surface area (Å²) in [4.78, 5) is 0. The van der Waals surface area contributed by atoms with Crippen molar-refractivity contribution in [1.29, 1.82) is 0 Å². The van der Waals surface area contributed by atoms with Gasteiger partial charge in [-0.05, 0) is 16.7 Å². The Morgan fingerprint density at radius 2 is 1.72 bits per heavy atom. The Hall–Kier alpha value is -1.64. The molecule has 0 fully saturated rings. The number of aliphatic hydroxyl groups is 1. The largest absolute Gasteiger partial charge is 0.391 e. The fraction of sp³-hybridized carbons (Fsp3) is 0.250. The Balaban J connectivity index is 1.74. The van der Waals surface area contributed by atoms with Gasteiger partial charge in [0.05, 0.1) is 12.1 Å². The van der Waals surface area contributed by atoms with Crippen LogP contribution in [0.5, 0.6) is 0 Å². The van der Waals surface area contributed by atoms with Gasteiger partial charge in [0.2, 0.25) is 0 Å². The summed E-state index contributed by atoms with van der Waals surface area (Å²) in [6.07, 6.45) is 0.439. The molecule has 0 heterocycles. The number of rotatable bonds is 3. The normalized spacial score (nSPS) is 21.8. The highest BCUT2D eigenvalue weighted by Crippen LogP contribution is 2.31. The van der Waals surface area contributed by atoms with Gasteiger partial charge in [-0.2, -0.15) is 0 Å². The molecule has 1 aliphatic rings. The van der Waals surface area contributed by atoms with Gasteiger partial charge in [-0.3, -0.25) is 0 Å². The maximum atomic E-state index is 10.1. The Morgan fingerprint density at radius 3 is 2.56 bits per heavy atom. The molecule has 18 heavy (non-hydrogen) atoms. The van der Waals surface area contributed by atoms with Gasteiger partial charge in [-0.15, -0.1) is 0 Å². The molecule has 2 nitrogen and oxygen atoms in total. The van der Waals surface area contributed by atoms with Gasteiger partial charge in [0.15, 0.2) is 0 Å². The van der Waals surface area contributed by atoms with E-state index in [1.54, 1.807) is 0 Å². The summed E-state index contributed by atoms with van der Waals surface area (Å²) < 4.78 is 0. The highest BCUT2D eigenvalue weighted by atomic mass is 16.3. The molecule has 92 valence electrons. The molecule has 0 radical (unpaired) electrons. The van der Waals surface area contributed by atoms with Crippen LogP contribution >= 0.6 is 0 Å². The number of hydrogen-bond donors (Lipinski definition) is 2. The smallest absolute Gasteiger partial charge is 0.0775 e. The van der Waals surface area contributed by atoms with Crippen molar-refractivity contribution >= 4 is 0 Å². The van der Waals surface area contributed by atoms with Crippen molar-refractivity contribution < 1.29 is 5.11 Å². The van der Waals surface area contributed by atoms with Crippen LogP contribution in [-0.4, -0.2) is 11.2 Å². The van der Waals surface area contributed by atoms with E-state index >= 15 is 0 Å². The predicted octanol–water partition coefficient (Wildman–Crippen LogP) is 2.43. The molecule has 2 aromatic rings. The predicted molar refractivity (Wildman–Crippen MR) is 72.2 cm³/mol. The highest BCUT2D eigenvalue weighted by Gasteiger charge is 2.29. The Morgan fingerprint density at radius 1 is 1.00 bits per heavy atom. The molecule has 0 amide bonds. The van der Waals surface area contributed by atoms with E-state index in [-0.39, 0.29) is 12.1 Å². The lowest BCUT2D eigenvalue weighted by Gasteiger charge is -2.18. The van der Waals surface area contributed by atoms with E-state index in [2.05, 4.69) is 29.6 Å². The maximum Gasteiger partial charge on any atom is 0.0775 e. The molecule has 0 aliphatic heterocycles. The standard InChI is InChI=1S/C16H17NO/c18-15-10-13-8-4-5-9-14(13)16(15)17-11-12-6-2-1-3-7-12/h1-9,15-18H,10-11H2/t15-,16-/m1/s1. The van der Waals surface area contributed by atoms with Crippen molar-refractivity contribution in [3.8, 4) is 0 Å². The quantitative estimate of drug-likeness (QED) is 0.862. The zero-order valence-corrected chi connectivity index (χ0v) is 10.2. The minimum Gasteiger partial charge on any atom is -0.391 e. The molecule has 3 rings (SSSR count). The van der Waals surface area contributed by atoms with Crippen molar-refractivity contribution in [3.05, 3.63) is 71.3 Å². The molecular weight excluding hydrogens is 222 g/mol. The summed E-state index contributed by atoms with van der Waals surface area (Å²) in [5.41, 5.74) is 3.74. The lowest BCUT2D eigenvalue weighted by molar-refractivity contribution is 0.140. The molecule has 0 saturated carbocycles. The first-order valence-electron chi connectivity index (χ1n) is 6.38. The first-order valence-corrected chi connectivity index (χ1v) is 6.38. The van der Waals surface area contributed by atoms with E-state index in [1.807, 2.05) is 30.3 Å². The molecule has 0 unspecified atom stereocenters. The Labute approximate surface area is 107 Å². The fourth-order valence-electron chi connectivity index (χ4n) is 2.64. The van der Waals surface area contributed by atoms with Crippen molar-refractivity contribution in [2.24, 2.45) is 0 Å². The lowest BCUT2D eigenvalue weighted by Crippen LogP contribution is -2.28. The second kappa shape index (κ2) is 4.92. The van der Waals surface area contributed by atoms with Crippen LogP contribution in [0.15, 0.2) is 54.6 Å². The van der Waals surface area contributed by atoms with Gasteiger partial charge < -0.3 is 10.4 Å². The van der Waals surface area contributed by atoms with Crippen LogP contribution in [0.3, 0.4) is 0 Å². The molecule has 0 aromatic heterocycles. The number of nitrogens with one attached hydrogen (secondary N) is 1. The fourth-order valence-corrected chi connectivity index (χ4v) is 2.64. The third kappa shape index (κ3) is 2.17. The molecule has 0 saturated heterocycles. The van der Waals surface area contributed by atoms with Crippen molar-refractivity contribution in [2.75, 3.05) is 0 Å². The second-order valence-corrected chi connectivity index (χ2v) is 4.81. The average Bonchev–Trinajstić information content (AvgIpc) is 2.73. The zero-order valence-electron chi connectivity index (χ0n) is 10.2. The van der Waals surface area contributed by atoms with Crippen LogP contribution in [0.2, 0.25) is 0 Å². The van der Waals surface area contributed by atoms with E-state index in [4.69, 9.17) is 0 Å². The number of benzene rings is 2. The summed E-state index contributed by atoms with van der Waals surface area (Å²) in [6, 6.07) is 18.6. The van der Waals surface area contributed by atoms with Gasteiger partial charge in [-0.25, -0.2) is 0 Å². The molecule has 0 spiro atoms. The molecule has 2 heteroatoms. The lowest BCUT2D eigenvalue weighted by atomic mass is 10.1. The zero-order chi connectivity index (χ0) is 12.4. The van der Waals surface area contributed by atoms with Crippen LogP contribution in [0, 0.1) is 0 Å².